The Balaban J connectivity index is 1.40. The largest absolute Gasteiger partial charge is 0.459 e. The molecule has 0 amide bonds. The van der Waals surface area contributed by atoms with E-state index in [9.17, 15) is 34.2 Å². The maximum absolute atomic E-state index is 15.2. The predicted octanol–water partition coefficient (Wildman–Crippen LogP) is 1.65. The Kier molecular flexibility index (Phi) is 8.02. The Morgan fingerprint density at radius 3 is 2.06 bits per heavy atom. The standard InChI is InChI=1S/C39H52O15/c1-13(2)11-20(43)52-29-21-23-27(45)25-22(14(3)31-39(53-31)37(25,9)38(10,47)34(46)54-39)36(23,8)33(50-17(6)42)30(48-15(4)40)24(21)35(7)18(26(29)44)12-19-28(51-19)32(35)49-16(5)41/h13-14,18-19,21-25,27-33,45,47H,11-12H2,1-10H3/t14-,18+,19-,21-,22-,23+,24+,25-,27+,28-,29+,30-,31+,32-,33-,35-,36+,37-,38+,39-/m0/s1. The van der Waals surface area contributed by atoms with Crippen molar-refractivity contribution < 1.29 is 72.1 Å². The van der Waals surface area contributed by atoms with Crippen LogP contribution >= 0.6 is 0 Å². The van der Waals surface area contributed by atoms with Gasteiger partial charge in [-0.15, -0.1) is 0 Å². The first-order valence-corrected chi connectivity index (χ1v) is 19.2. The molecule has 0 unspecified atom stereocenters. The van der Waals surface area contributed by atoms with Crippen LogP contribution in [-0.2, 0) is 61.9 Å². The molecule has 54 heavy (non-hydrogen) atoms. The van der Waals surface area contributed by atoms with Gasteiger partial charge < -0.3 is 43.4 Å². The van der Waals surface area contributed by atoms with E-state index in [1.165, 1.54) is 27.7 Å². The molecule has 0 aromatic carbocycles. The first kappa shape index (κ1) is 37.8. The minimum atomic E-state index is -2.15. The molecule has 298 valence electrons. The van der Waals surface area contributed by atoms with Crippen LogP contribution in [0.15, 0.2) is 0 Å². The van der Waals surface area contributed by atoms with Crippen molar-refractivity contribution >= 4 is 35.6 Å². The Morgan fingerprint density at radius 1 is 0.852 bits per heavy atom. The van der Waals surface area contributed by atoms with Crippen molar-refractivity contribution in [2.75, 3.05) is 0 Å². The van der Waals surface area contributed by atoms with Gasteiger partial charge in [-0.25, -0.2) is 4.79 Å². The quantitative estimate of drug-likeness (QED) is 0.224. The van der Waals surface area contributed by atoms with Crippen LogP contribution in [0.5, 0.6) is 0 Å². The second-order valence-corrected chi connectivity index (χ2v) is 18.6. The van der Waals surface area contributed by atoms with Crippen molar-refractivity contribution in [3.05, 3.63) is 0 Å². The highest BCUT2D eigenvalue weighted by molar-refractivity contribution is 5.90. The van der Waals surface area contributed by atoms with Gasteiger partial charge in [-0.3, -0.25) is 24.0 Å². The van der Waals surface area contributed by atoms with E-state index < -0.39 is 154 Å². The van der Waals surface area contributed by atoms with Crippen molar-refractivity contribution in [3.63, 3.8) is 0 Å². The van der Waals surface area contributed by atoms with E-state index in [2.05, 4.69) is 0 Å². The van der Waals surface area contributed by atoms with Crippen molar-refractivity contribution in [2.24, 2.45) is 63.6 Å². The summed E-state index contributed by atoms with van der Waals surface area (Å²) in [6, 6.07) is 0. The summed E-state index contributed by atoms with van der Waals surface area (Å²) in [6.45, 7) is 15.8. The average Bonchev–Trinajstić information content (AvgIpc) is 3.95. The monoisotopic (exact) mass is 760 g/mol. The van der Waals surface area contributed by atoms with Gasteiger partial charge in [-0.2, -0.15) is 0 Å². The fourth-order valence-corrected chi connectivity index (χ4v) is 13.5. The van der Waals surface area contributed by atoms with Gasteiger partial charge in [-0.05, 0) is 38.0 Å². The Bertz CT molecular complexity index is 1720. The van der Waals surface area contributed by atoms with Gasteiger partial charge in [0.1, 0.15) is 30.5 Å². The maximum Gasteiger partial charge on any atom is 0.341 e. The van der Waals surface area contributed by atoms with Crippen molar-refractivity contribution in [2.45, 2.75) is 142 Å². The number of hydrogen-bond donors (Lipinski definition) is 2. The molecule has 0 aromatic heterocycles. The first-order valence-electron chi connectivity index (χ1n) is 19.2. The lowest BCUT2D eigenvalue weighted by molar-refractivity contribution is -0.274. The van der Waals surface area contributed by atoms with E-state index in [-0.39, 0.29) is 18.8 Å². The maximum atomic E-state index is 15.2. The normalized spacial score (nSPS) is 54.3. The lowest BCUT2D eigenvalue weighted by atomic mass is 9.41. The van der Waals surface area contributed by atoms with Gasteiger partial charge in [0.05, 0.1) is 17.6 Å². The number of ether oxygens (including phenoxy) is 7. The molecule has 8 rings (SSSR count). The molecule has 1 spiro atoms. The summed E-state index contributed by atoms with van der Waals surface area (Å²) in [5.74, 6) is -12.0. The lowest BCUT2D eigenvalue weighted by Gasteiger charge is -2.65. The fraction of sp³-hybridized carbons (Fsp3) is 0.846. The van der Waals surface area contributed by atoms with E-state index in [4.69, 9.17) is 33.2 Å². The average molecular weight is 761 g/mol. The van der Waals surface area contributed by atoms with Gasteiger partial charge in [0.15, 0.2) is 17.5 Å². The molecule has 3 aliphatic heterocycles. The smallest absolute Gasteiger partial charge is 0.341 e. The Morgan fingerprint density at radius 2 is 1.46 bits per heavy atom. The number of fused-ring (bicyclic) bond motifs is 9. The second-order valence-electron chi connectivity index (χ2n) is 18.6. The van der Waals surface area contributed by atoms with E-state index in [0.717, 1.165) is 0 Å². The van der Waals surface area contributed by atoms with Crippen LogP contribution in [0, 0.1) is 63.6 Å². The number of esters is 5. The molecule has 0 radical (unpaired) electrons. The van der Waals surface area contributed by atoms with Crippen LogP contribution in [0.1, 0.15) is 82.1 Å². The number of carbonyl (C=O) groups is 6. The van der Waals surface area contributed by atoms with E-state index in [0.29, 0.717) is 0 Å². The highest BCUT2D eigenvalue weighted by Crippen LogP contribution is 2.80. The van der Waals surface area contributed by atoms with E-state index in [1.807, 2.05) is 27.7 Å². The first-order chi connectivity index (χ1) is 25.0. The molecule has 15 heteroatoms. The number of epoxide rings is 2. The molecule has 5 saturated carbocycles. The zero-order chi connectivity index (χ0) is 39.6. The molecule has 3 heterocycles. The summed E-state index contributed by atoms with van der Waals surface area (Å²) in [6.07, 6.45) is -8.03. The number of carbonyl (C=O) groups excluding carboxylic acids is 6. The summed E-state index contributed by atoms with van der Waals surface area (Å²) in [7, 11) is 0. The zero-order valence-corrected chi connectivity index (χ0v) is 32.4. The SMILES string of the molecule is CC(=O)O[C@H]1[C@H]2[C@H]([C@@H]3[C@@H](O)[C@@H]4[C@H]([C@H](C)[C@H]5O[C@]56OC(=O)[C@@](C)(O)[C@]46C)[C@@]3(C)[C@H]1OC(C)=O)[C@@H](OC(=O)CC(C)C)C(=O)[C@H]1C[C@@H]3O[C@@H]3[C@H](OC(C)=O)[C@]21C. The second kappa shape index (κ2) is 11.5. The van der Waals surface area contributed by atoms with Gasteiger partial charge in [0.25, 0.3) is 0 Å². The summed E-state index contributed by atoms with van der Waals surface area (Å²) in [5, 5.41) is 25.1. The van der Waals surface area contributed by atoms with Crippen molar-refractivity contribution in [3.8, 4) is 0 Å². The lowest BCUT2D eigenvalue weighted by Crippen LogP contribution is -2.75. The molecule has 0 aromatic rings. The molecular formula is C39H52O15. The van der Waals surface area contributed by atoms with Crippen molar-refractivity contribution in [1.29, 1.82) is 0 Å². The molecular weight excluding hydrogens is 708 g/mol. The number of rotatable bonds is 6. The van der Waals surface area contributed by atoms with Crippen LogP contribution in [-0.4, -0.2) is 106 Å². The molecule has 8 aliphatic rings. The predicted molar refractivity (Wildman–Crippen MR) is 179 cm³/mol. The topological polar surface area (TPSA) is 214 Å². The van der Waals surface area contributed by atoms with Crippen molar-refractivity contribution in [1.82, 2.24) is 0 Å². The van der Waals surface area contributed by atoms with Gasteiger partial charge in [-0.1, -0.05) is 34.6 Å². The molecule has 20 atom stereocenters. The minimum Gasteiger partial charge on any atom is -0.459 e. The highest BCUT2D eigenvalue weighted by Gasteiger charge is 2.93. The zero-order valence-electron chi connectivity index (χ0n) is 32.4. The van der Waals surface area contributed by atoms with Crippen LogP contribution in [0.4, 0.5) is 0 Å². The van der Waals surface area contributed by atoms with Crippen LogP contribution in [0.3, 0.4) is 0 Å². The minimum absolute atomic E-state index is 0.00880. The van der Waals surface area contributed by atoms with Gasteiger partial charge >= 0.3 is 29.8 Å². The molecule has 5 aliphatic carbocycles. The summed E-state index contributed by atoms with van der Waals surface area (Å²) >= 11 is 0. The number of Topliss-reactive ketones (excluding diaryl/α,β-unsaturated/α-hetero) is 1. The van der Waals surface area contributed by atoms with Crippen LogP contribution in [0.2, 0.25) is 0 Å². The summed E-state index contributed by atoms with van der Waals surface area (Å²) in [5.41, 5.74) is -6.41. The number of hydrogen-bond acceptors (Lipinski definition) is 15. The third kappa shape index (κ3) is 4.43. The number of ketones is 1. The fourth-order valence-electron chi connectivity index (χ4n) is 13.5. The van der Waals surface area contributed by atoms with E-state index >= 15 is 4.79 Å². The summed E-state index contributed by atoms with van der Waals surface area (Å²) in [4.78, 5) is 81.6. The Labute approximate surface area is 313 Å². The molecule has 3 saturated heterocycles. The third-order valence-corrected chi connectivity index (χ3v) is 15.5. The number of aliphatic hydroxyl groups is 2. The highest BCUT2D eigenvalue weighted by atomic mass is 16.8. The Hall–Kier alpha value is -3.14. The van der Waals surface area contributed by atoms with Crippen LogP contribution in [0.25, 0.3) is 0 Å². The third-order valence-electron chi connectivity index (χ3n) is 15.5. The molecule has 8 fully saturated rings. The molecule has 15 nitrogen and oxygen atoms in total. The van der Waals surface area contributed by atoms with Gasteiger partial charge in [0, 0.05) is 67.6 Å². The number of aliphatic hydroxyl groups excluding tert-OH is 1. The molecule has 0 bridgehead atoms. The summed E-state index contributed by atoms with van der Waals surface area (Å²) < 4.78 is 42.9. The van der Waals surface area contributed by atoms with Crippen LogP contribution < -0.4 is 0 Å². The molecule has 2 N–H and O–H groups in total. The van der Waals surface area contributed by atoms with Gasteiger partial charge in [0.2, 0.25) is 5.79 Å². The van der Waals surface area contributed by atoms with E-state index in [1.54, 1.807) is 13.8 Å².